The van der Waals surface area contributed by atoms with E-state index in [2.05, 4.69) is 158 Å². The lowest BCUT2D eigenvalue weighted by molar-refractivity contribution is 0.670. The summed E-state index contributed by atoms with van der Waals surface area (Å²) in [7, 11) is 0. The maximum Gasteiger partial charge on any atom is 0.161 e. The molecule has 4 heteroatoms. The summed E-state index contributed by atoms with van der Waals surface area (Å²) in [6.45, 7) is 0. The van der Waals surface area contributed by atoms with Gasteiger partial charge in [-0.3, -0.25) is 0 Å². The van der Waals surface area contributed by atoms with Gasteiger partial charge in [-0.2, -0.15) is 0 Å². The molecule has 52 heavy (non-hydrogen) atoms. The van der Waals surface area contributed by atoms with Gasteiger partial charge in [0, 0.05) is 37.5 Å². The average molecular weight is 681 g/mol. The maximum absolute atomic E-state index is 6.70. The molecular formula is C48H28N2OS. The van der Waals surface area contributed by atoms with E-state index in [-0.39, 0.29) is 0 Å². The number of para-hydroxylation sites is 1. The molecule has 11 aromatic rings. The van der Waals surface area contributed by atoms with Crippen molar-refractivity contribution in [1.82, 2.24) is 9.97 Å². The molecule has 3 nitrogen and oxygen atoms in total. The minimum Gasteiger partial charge on any atom is -0.455 e. The topological polar surface area (TPSA) is 38.9 Å². The Labute approximate surface area is 303 Å². The first-order valence-corrected chi connectivity index (χ1v) is 18.3. The minimum atomic E-state index is 0.686. The van der Waals surface area contributed by atoms with Crippen molar-refractivity contribution >= 4 is 75.1 Å². The Bertz CT molecular complexity index is 3190. The lowest BCUT2D eigenvalue weighted by Crippen LogP contribution is -1.95. The fraction of sp³-hybridized carbons (Fsp3) is 0. The molecule has 3 heterocycles. The lowest BCUT2D eigenvalue weighted by Gasteiger charge is -2.11. The van der Waals surface area contributed by atoms with Crippen molar-refractivity contribution in [2.45, 2.75) is 0 Å². The van der Waals surface area contributed by atoms with Crippen LogP contribution in [0.3, 0.4) is 0 Å². The third kappa shape index (κ3) is 4.58. The third-order valence-electron chi connectivity index (χ3n) is 10.3. The van der Waals surface area contributed by atoms with E-state index in [1.165, 1.54) is 37.4 Å². The molecule has 0 bridgehead atoms. The second kappa shape index (κ2) is 11.5. The van der Waals surface area contributed by atoms with Gasteiger partial charge in [0.2, 0.25) is 0 Å². The van der Waals surface area contributed by atoms with Gasteiger partial charge in [-0.1, -0.05) is 133 Å². The third-order valence-corrected chi connectivity index (χ3v) is 11.5. The zero-order valence-electron chi connectivity index (χ0n) is 27.9. The van der Waals surface area contributed by atoms with Crippen LogP contribution in [0.1, 0.15) is 0 Å². The number of furan rings is 1. The molecule has 0 atom stereocenters. The Kier molecular flexibility index (Phi) is 6.42. The van der Waals surface area contributed by atoms with Gasteiger partial charge in [-0.25, -0.2) is 9.97 Å². The SMILES string of the molecule is c1ccc2cc(-c3ccc(-c4nc(-c5ccc(-c6ccc7ccccc7c6)c6oc7ccccc7c56)nc5c4sc4ccccc45)cc3)ccc2c1. The van der Waals surface area contributed by atoms with E-state index < -0.39 is 0 Å². The van der Waals surface area contributed by atoms with Crippen molar-refractivity contribution in [3.8, 4) is 44.9 Å². The molecule has 0 aliphatic heterocycles. The molecule has 0 radical (unpaired) electrons. The van der Waals surface area contributed by atoms with Crippen LogP contribution in [0.5, 0.6) is 0 Å². The first-order valence-electron chi connectivity index (χ1n) is 17.5. The average Bonchev–Trinajstić information content (AvgIpc) is 3.79. The molecule has 0 aliphatic rings. The molecule has 0 N–H and O–H groups in total. The fourth-order valence-corrected chi connectivity index (χ4v) is 8.85. The van der Waals surface area contributed by atoms with Crippen LogP contribution in [-0.4, -0.2) is 9.97 Å². The van der Waals surface area contributed by atoms with Crippen molar-refractivity contribution < 1.29 is 4.42 Å². The summed E-state index contributed by atoms with van der Waals surface area (Å²) in [5, 5.41) is 8.11. The molecule has 11 rings (SSSR count). The van der Waals surface area contributed by atoms with Gasteiger partial charge in [0.05, 0.1) is 15.9 Å². The Morgan fingerprint density at radius 3 is 1.83 bits per heavy atom. The van der Waals surface area contributed by atoms with Gasteiger partial charge in [0.1, 0.15) is 11.2 Å². The number of benzene rings is 8. The van der Waals surface area contributed by atoms with Crippen molar-refractivity contribution in [1.29, 1.82) is 0 Å². The second-order valence-electron chi connectivity index (χ2n) is 13.3. The molecular weight excluding hydrogens is 653 g/mol. The van der Waals surface area contributed by atoms with Crippen molar-refractivity contribution in [3.05, 3.63) is 170 Å². The van der Waals surface area contributed by atoms with E-state index in [1.54, 1.807) is 11.3 Å². The standard InChI is InChI=1S/C48H28N2OS/c1-3-11-33-27-35(23-19-29(33)9-1)31-17-21-32(22-18-31)44-47-45(39-14-6-8-16-42(39)52-47)50-48(49-44)40-26-25-37(36-24-20-30-10-2-4-12-34(30)28-36)46-43(40)38-13-5-7-15-41(38)51-46/h1-28H. The largest absolute Gasteiger partial charge is 0.455 e. The zero-order chi connectivity index (χ0) is 34.2. The predicted octanol–water partition coefficient (Wildman–Crippen LogP) is 13.7. The predicted molar refractivity (Wildman–Crippen MR) is 219 cm³/mol. The van der Waals surface area contributed by atoms with E-state index in [1.807, 2.05) is 12.1 Å². The van der Waals surface area contributed by atoms with Crippen molar-refractivity contribution in [2.75, 3.05) is 0 Å². The van der Waals surface area contributed by atoms with E-state index in [4.69, 9.17) is 14.4 Å². The second-order valence-corrected chi connectivity index (χ2v) is 14.4. The minimum absolute atomic E-state index is 0.686. The van der Waals surface area contributed by atoms with Crippen LogP contribution >= 0.6 is 11.3 Å². The molecule has 0 aliphatic carbocycles. The molecule has 0 unspecified atom stereocenters. The summed E-state index contributed by atoms with van der Waals surface area (Å²) in [5.41, 5.74) is 10.1. The van der Waals surface area contributed by atoms with E-state index in [0.29, 0.717) is 5.82 Å². The molecule has 0 spiro atoms. The highest BCUT2D eigenvalue weighted by molar-refractivity contribution is 7.26. The Balaban J connectivity index is 1.13. The van der Waals surface area contributed by atoms with Crippen LogP contribution in [0.15, 0.2) is 174 Å². The molecule has 242 valence electrons. The number of hydrogen-bond donors (Lipinski definition) is 0. The number of hydrogen-bond acceptors (Lipinski definition) is 4. The summed E-state index contributed by atoms with van der Waals surface area (Å²) in [5.74, 6) is 0.686. The van der Waals surface area contributed by atoms with Crippen LogP contribution in [0.2, 0.25) is 0 Å². The molecule has 0 amide bonds. The smallest absolute Gasteiger partial charge is 0.161 e. The normalized spacial score (nSPS) is 11.8. The first kappa shape index (κ1) is 29.1. The van der Waals surface area contributed by atoms with E-state index in [0.717, 1.165) is 65.5 Å². The van der Waals surface area contributed by atoms with Crippen molar-refractivity contribution in [3.63, 3.8) is 0 Å². The highest BCUT2D eigenvalue weighted by atomic mass is 32.1. The zero-order valence-corrected chi connectivity index (χ0v) is 28.7. The molecule has 8 aromatic carbocycles. The quantitative estimate of drug-likeness (QED) is 0.186. The fourth-order valence-electron chi connectivity index (χ4n) is 7.70. The summed E-state index contributed by atoms with van der Waals surface area (Å²) < 4.78 is 8.98. The van der Waals surface area contributed by atoms with Gasteiger partial charge in [-0.05, 0) is 74.6 Å². The monoisotopic (exact) mass is 680 g/mol. The van der Waals surface area contributed by atoms with Crippen LogP contribution in [-0.2, 0) is 0 Å². The highest BCUT2D eigenvalue weighted by Gasteiger charge is 2.22. The van der Waals surface area contributed by atoms with Crippen LogP contribution in [0, 0.1) is 0 Å². The van der Waals surface area contributed by atoms with Gasteiger partial charge >= 0.3 is 0 Å². The molecule has 0 saturated heterocycles. The number of fused-ring (bicyclic) bond motifs is 8. The van der Waals surface area contributed by atoms with Gasteiger partial charge < -0.3 is 4.42 Å². The van der Waals surface area contributed by atoms with E-state index in [9.17, 15) is 0 Å². The summed E-state index contributed by atoms with van der Waals surface area (Å²) >= 11 is 1.75. The van der Waals surface area contributed by atoms with Gasteiger partial charge in [0.25, 0.3) is 0 Å². The Hall–Kier alpha value is -6.62. The number of nitrogens with zero attached hydrogens (tertiary/aromatic N) is 2. The lowest BCUT2D eigenvalue weighted by atomic mass is 9.96. The Morgan fingerprint density at radius 1 is 0.442 bits per heavy atom. The van der Waals surface area contributed by atoms with Crippen LogP contribution < -0.4 is 0 Å². The maximum atomic E-state index is 6.70. The van der Waals surface area contributed by atoms with Gasteiger partial charge in [0.15, 0.2) is 5.82 Å². The summed E-state index contributed by atoms with van der Waals surface area (Å²) in [6, 6.07) is 60.2. The molecule has 0 saturated carbocycles. The number of rotatable bonds is 4. The van der Waals surface area contributed by atoms with Crippen LogP contribution in [0.25, 0.3) is 109 Å². The first-order chi connectivity index (χ1) is 25.7. The Morgan fingerprint density at radius 2 is 1.04 bits per heavy atom. The molecule has 0 fully saturated rings. The molecule has 3 aromatic heterocycles. The van der Waals surface area contributed by atoms with E-state index >= 15 is 0 Å². The summed E-state index contributed by atoms with van der Waals surface area (Å²) in [6.07, 6.45) is 0. The van der Waals surface area contributed by atoms with Crippen molar-refractivity contribution in [2.24, 2.45) is 0 Å². The van der Waals surface area contributed by atoms with Gasteiger partial charge in [-0.15, -0.1) is 11.3 Å². The highest BCUT2D eigenvalue weighted by Crippen LogP contribution is 2.44. The van der Waals surface area contributed by atoms with Crippen LogP contribution in [0.4, 0.5) is 0 Å². The summed E-state index contributed by atoms with van der Waals surface area (Å²) in [4.78, 5) is 10.8. The number of thiophene rings is 1. The number of aromatic nitrogens is 2.